The van der Waals surface area contributed by atoms with Crippen molar-refractivity contribution in [2.75, 3.05) is 5.32 Å². The fraction of sp³-hybridized carbons (Fsp3) is 0.526. The van der Waals surface area contributed by atoms with Crippen molar-refractivity contribution in [3.63, 3.8) is 0 Å². The molecule has 1 aromatic heterocycles. The molecule has 1 amide bonds. The molecule has 2 atom stereocenters. The van der Waals surface area contributed by atoms with Gasteiger partial charge in [-0.2, -0.15) is 5.26 Å². The molecule has 28 heavy (non-hydrogen) atoms. The van der Waals surface area contributed by atoms with Crippen molar-refractivity contribution in [1.29, 1.82) is 5.26 Å². The minimum Gasteiger partial charge on any atom is -0.304 e. The predicted octanol–water partition coefficient (Wildman–Crippen LogP) is 4.51. The van der Waals surface area contributed by atoms with Gasteiger partial charge < -0.3 is 4.57 Å². The maximum Gasteiger partial charge on any atom is 0.281 e. The number of rotatable bonds is 3. The summed E-state index contributed by atoms with van der Waals surface area (Å²) in [6, 6.07) is 4.36. The number of hydrogen-bond acceptors (Lipinski definition) is 3. The number of halogens is 4. The van der Waals surface area contributed by atoms with Gasteiger partial charge in [0.25, 0.3) is 5.92 Å². The number of hydrogen-bond donors (Lipinski definition) is 1. The van der Waals surface area contributed by atoms with Crippen molar-refractivity contribution in [2.24, 2.45) is 5.92 Å². The van der Waals surface area contributed by atoms with E-state index in [-0.39, 0.29) is 17.0 Å². The van der Waals surface area contributed by atoms with E-state index in [4.69, 9.17) is 5.26 Å². The van der Waals surface area contributed by atoms with E-state index in [0.717, 1.165) is 13.0 Å². The van der Waals surface area contributed by atoms with Crippen molar-refractivity contribution >= 4 is 22.9 Å². The SMILES string of the molecule is CC(C)(C)n1c(NC(=O)CC2CC(F)(F)C2(C)F)nc2c(F)cc(C#N)cc21. The molecule has 2 aromatic rings. The lowest BCUT2D eigenvalue weighted by molar-refractivity contribution is -0.242. The molecule has 1 heterocycles. The Kier molecular flexibility index (Phi) is 4.45. The molecule has 3 rings (SSSR count). The van der Waals surface area contributed by atoms with E-state index in [2.05, 4.69) is 10.3 Å². The van der Waals surface area contributed by atoms with E-state index in [1.54, 1.807) is 25.3 Å². The lowest BCUT2D eigenvalue weighted by Gasteiger charge is -2.47. The Morgan fingerprint density at radius 2 is 2.04 bits per heavy atom. The molecule has 0 radical (unpaired) electrons. The summed E-state index contributed by atoms with van der Waals surface area (Å²) in [7, 11) is 0. The van der Waals surface area contributed by atoms with Crippen LogP contribution >= 0.6 is 0 Å². The second kappa shape index (κ2) is 6.19. The summed E-state index contributed by atoms with van der Waals surface area (Å²) < 4.78 is 56.6. The van der Waals surface area contributed by atoms with Crippen LogP contribution in [0.15, 0.2) is 12.1 Å². The monoisotopic (exact) mass is 396 g/mol. The van der Waals surface area contributed by atoms with E-state index in [9.17, 15) is 22.4 Å². The maximum absolute atomic E-state index is 14.3. The van der Waals surface area contributed by atoms with Crippen LogP contribution in [0.4, 0.5) is 23.5 Å². The summed E-state index contributed by atoms with van der Waals surface area (Å²) in [4.78, 5) is 16.5. The molecule has 0 bridgehead atoms. The number of nitriles is 1. The predicted molar refractivity (Wildman–Crippen MR) is 95.2 cm³/mol. The molecule has 1 aliphatic rings. The van der Waals surface area contributed by atoms with Gasteiger partial charge in [0.15, 0.2) is 11.5 Å². The first-order valence-corrected chi connectivity index (χ1v) is 8.77. The van der Waals surface area contributed by atoms with Crippen LogP contribution in [0, 0.1) is 23.1 Å². The van der Waals surface area contributed by atoms with Crippen molar-refractivity contribution in [2.45, 2.75) is 57.7 Å². The highest BCUT2D eigenvalue weighted by Crippen LogP contribution is 2.55. The van der Waals surface area contributed by atoms with Crippen molar-refractivity contribution in [3.05, 3.63) is 23.5 Å². The third-order valence-corrected chi connectivity index (χ3v) is 5.18. The summed E-state index contributed by atoms with van der Waals surface area (Å²) in [6.45, 7) is 6.18. The normalized spacial score (nSPS) is 23.9. The first kappa shape index (κ1) is 20.1. The van der Waals surface area contributed by atoms with Crippen LogP contribution in [0.5, 0.6) is 0 Å². The standard InChI is InChI=1S/C19H20F4N4O/c1-17(2,3)27-13-6-10(9-24)5-12(20)15(13)26-16(27)25-14(28)7-11-8-19(22,23)18(11,4)21/h5-6,11H,7-8H2,1-4H3,(H,25,26,28). The summed E-state index contributed by atoms with van der Waals surface area (Å²) >= 11 is 0. The molecule has 0 spiro atoms. The van der Waals surface area contributed by atoms with Gasteiger partial charge in [0.2, 0.25) is 11.9 Å². The third-order valence-electron chi connectivity index (χ3n) is 5.18. The largest absolute Gasteiger partial charge is 0.304 e. The van der Waals surface area contributed by atoms with Crippen LogP contribution in [0.2, 0.25) is 0 Å². The van der Waals surface area contributed by atoms with Crippen LogP contribution in [0.25, 0.3) is 11.0 Å². The Labute approximate surface area is 159 Å². The molecular formula is C19H20F4N4O. The van der Waals surface area contributed by atoms with Gasteiger partial charge in [-0.05, 0) is 39.8 Å². The number of amides is 1. The van der Waals surface area contributed by atoms with Crippen LogP contribution in [0.1, 0.15) is 46.1 Å². The first-order chi connectivity index (χ1) is 12.8. The molecule has 150 valence electrons. The van der Waals surface area contributed by atoms with Gasteiger partial charge in [-0.25, -0.2) is 22.5 Å². The van der Waals surface area contributed by atoms with Crippen LogP contribution in [-0.4, -0.2) is 27.0 Å². The molecule has 0 aliphatic heterocycles. The molecule has 2 unspecified atom stereocenters. The van der Waals surface area contributed by atoms with Crippen molar-refractivity contribution in [3.8, 4) is 6.07 Å². The highest BCUT2D eigenvalue weighted by molar-refractivity contribution is 5.92. The van der Waals surface area contributed by atoms with E-state index in [1.165, 1.54) is 6.07 Å². The van der Waals surface area contributed by atoms with Gasteiger partial charge in [-0.15, -0.1) is 0 Å². The average molecular weight is 396 g/mol. The molecular weight excluding hydrogens is 376 g/mol. The number of nitrogens with one attached hydrogen (secondary N) is 1. The fourth-order valence-corrected chi connectivity index (χ4v) is 3.49. The molecule has 1 saturated carbocycles. The zero-order chi connectivity index (χ0) is 21.1. The van der Waals surface area contributed by atoms with E-state index >= 15 is 0 Å². The number of anilines is 1. The van der Waals surface area contributed by atoms with Crippen molar-refractivity contribution in [1.82, 2.24) is 9.55 Å². The number of carbonyl (C=O) groups is 1. The first-order valence-electron chi connectivity index (χ1n) is 8.77. The van der Waals surface area contributed by atoms with Gasteiger partial charge >= 0.3 is 0 Å². The molecule has 9 heteroatoms. The molecule has 1 aromatic carbocycles. The number of benzene rings is 1. The van der Waals surface area contributed by atoms with Gasteiger partial charge in [-0.3, -0.25) is 10.1 Å². The molecule has 1 fully saturated rings. The second-order valence-corrected chi connectivity index (χ2v) is 8.31. The Morgan fingerprint density at radius 1 is 1.39 bits per heavy atom. The number of fused-ring (bicyclic) bond motifs is 1. The van der Waals surface area contributed by atoms with Gasteiger partial charge in [-0.1, -0.05) is 0 Å². The van der Waals surface area contributed by atoms with E-state index in [1.807, 2.05) is 6.07 Å². The summed E-state index contributed by atoms with van der Waals surface area (Å²) in [6.07, 6.45) is -1.15. The van der Waals surface area contributed by atoms with Gasteiger partial charge in [0, 0.05) is 24.3 Å². The van der Waals surface area contributed by atoms with E-state index < -0.39 is 47.6 Å². The number of alkyl halides is 3. The number of nitrogens with zero attached hydrogens (tertiary/aromatic N) is 3. The highest BCUT2D eigenvalue weighted by Gasteiger charge is 2.66. The quantitative estimate of drug-likeness (QED) is 0.776. The Hall–Kier alpha value is -2.63. The number of aromatic nitrogens is 2. The molecule has 1 aliphatic carbocycles. The number of imidazole rings is 1. The second-order valence-electron chi connectivity index (χ2n) is 8.31. The zero-order valence-corrected chi connectivity index (χ0v) is 15.9. The van der Waals surface area contributed by atoms with Crippen LogP contribution < -0.4 is 5.32 Å². The zero-order valence-electron chi connectivity index (χ0n) is 15.9. The highest BCUT2D eigenvalue weighted by atomic mass is 19.3. The topological polar surface area (TPSA) is 70.7 Å². The van der Waals surface area contributed by atoms with Crippen LogP contribution in [0.3, 0.4) is 0 Å². The maximum atomic E-state index is 14.3. The lowest BCUT2D eigenvalue weighted by Crippen LogP contribution is -2.60. The smallest absolute Gasteiger partial charge is 0.281 e. The Bertz CT molecular complexity index is 998. The third kappa shape index (κ3) is 3.11. The summed E-state index contributed by atoms with van der Waals surface area (Å²) in [5, 5.41) is 11.6. The Morgan fingerprint density at radius 3 is 2.54 bits per heavy atom. The van der Waals surface area contributed by atoms with E-state index in [0.29, 0.717) is 5.52 Å². The van der Waals surface area contributed by atoms with Crippen molar-refractivity contribution < 1.29 is 22.4 Å². The lowest BCUT2D eigenvalue weighted by atomic mass is 9.67. The molecule has 0 saturated heterocycles. The molecule has 5 nitrogen and oxygen atoms in total. The van der Waals surface area contributed by atoms with Gasteiger partial charge in [0.05, 0.1) is 17.1 Å². The van der Waals surface area contributed by atoms with Crippen LogP contribution in [-0.2, 0) is 10.3 Å². The summed E-state index contributed by atoms with van der Waals surface area (Å²) in [5.74, 6) is -5.97. The Balaban J connectivity index is 1.94. The summed E-state index contributed by atoms with van der Waals surface area (Å²) in [5.41, 5.74) is -3.02. The minimum atomic E-state index is -3.45. The fourth-order valence-electron chi connectivity index (χ4n) is 3.49. The van der Waals surface area contributed by atoms with Gasteiger partial charge in [0.1, 0.15) is 5.52 Å². The molecule has 1 N–H and O–H groups in total. The minimum absolute atomic E-state index is 0.00753. The average Bonchev–Trinajstić information content (AvgIpc) is 2.92. The number of carbonyl (C=O) groups excluding carboxylic acids is 1.